The molecule has 6 rings (SSSR count). The summed E-state index contributed by atoms with van der Waals surface area (Å²) in [5.74, 6) is 0. The van der Waals surface area contributed by atoms with E-state index in [1.807, 2.05) is 69.9 Å². The molecular weight excluding hydrogens is 569 g/mol. The maximum absolute atomic E-state index is 9.80. The Hall–Kier alpha value is -3.66. The quantitative estimate of drug-likeness (QED) is 0.156. The summed E-state index contributed by atoms with van der Waals surface area (Å²) >= 11 is 6.83. The highest BCUT2D eigenvalue weighted by molar-refractivity contribution is 7.28. The minimum absolute atomic E-state index is 0.707. The van der Waals surface area contributed by atoms with Crippen LogP contribution in [0.5, 0.6) is 0 Å². The summed E-state index contributed by atoms with van der Waals surface area (Å²) in [5.41, 5.74) is 6.03. The van der Waals surface area contributed by atoms with Gasteiger partial charge in [0.25, 0.3) is 0 Å². The van der Waals surface area contributed by atoms with Crippen LogP contribution in [-0.2, 0) is 13.1 Å². The predicted octanol–water partition coefficient (Wildman–Crippen LogP) is 10.5. The molecule has 8 heteroatoms. The standard InChI is InChI=1S/C32H26N4S4/c1-3-9-35-23(13-21(19-33)27-7-5-11-37-27)15-29-25(35)17-31(39-29)32-18-26-30(40-32)16-24(36(26)10-4-2)14-22(20-34)28-8-6-12-38-28/h5-8,11-18H,3-4,9-10H2,1-2H3. The monoisotopic (exact) mass is 594 g/mol. The van der Waals surface area contributed by atoms with E-state index in [4.69, 9.17) is 0 Å². The smallest absolute Gasteiger partial charge is 0.101 e. The molecule has 0 atom stereocenters. The highest BCUT2D eigenvalue weighted by atomic mass is 32.1. The van der Waals surface area contributed by atoms with Crippen LogP contribution in [0, 0.1) is 22.7 Å². The first-order chi connectivity index (χ1) is 19.6. The van der Waals surface area contributed by atoms with E-state index in [0.717, 1.165) is 47.1 Å². The van der Waals surface area contributed by atoms with Crippen molar-refractivity contribution in [3.63, 3.8) is 0 Å². The van der Waals surface area contributed by atoms with Crippen LogP contribution < -0.4 is 0 Å². The van der Waals surface area contributed by atoms with Crippen molar-refractivity contribution in [1.29, 1.82) is 10.5 Å². The fraction of sp³-hybridized carbons (Fsp3) is 0.188. The van der Waals surface area contributed by atoms with Gasteiger partial charge < -0.3 is 9.13 Å². The van der Waals surface area contributed by atoms with Crippen molar-refractivity contribution < 1.29 is 0 Å². The van der Waals surface area contributed by atoms with Crippen molar-refractivity contribution in [2.24, 2.45) is 0 Å². The van der Waals surface area contributed by atoms with Gasteiger partial charge in [-0.15, -0.1) is 45.3 Å². The molecule has 198 valence electrons. The molecule has 6 aromatic rings. The Balaban J connectivity index is 1.40. The molecule has 0 saturated carbocycles. The lowest BCUT2D eigenvalue weighted by molar-refractivity contribution is 0.698. The van der Waals surface area contributed by atoms with Crippen LogP contribution in [0.4, 0.5) is 0 Å². The molecule has 4 nitrogen and oxygen atoms in total. The van der Waals surface area contributed by atoms with E-state index >= 15 is 0 Å². The SMILES string of the molecule is CCCn1c(C=C(C#N)c2cccs2)cc2sc(-c3cc4c(cc(C=C(C#N)c5cccs5)n4CCC)s3)cc21. The van der Waals surface area contributed by atoms with Gasteiger partial charge in [0, 0.05) is 44.0 Å². The van der Waals surface area contributed by atoms with Gasteiger partial charge in [0.2, 0.25) is 0 Å². The first-order valence-electron chi connectivity index (χ1n) is 13.2. The first kappa shape index (κ1) is 26.6. The van der Waals surface area contributed by atoms with Gasteiger partial charge in [-0.05, 0) is 72.2 Å². The molecule has 0 aliphatic heterocycles. The van der Waals surface area contributed by atoms with Crippen LogP contribution in [0.3, 0.4) is 0 Å². The van der Waals surface area contributed by atoms with E-state index in [2.05, 4.69) is 59.4 Å². The molecule has 40 heavy (non-hydrogen) atoms. The molecule has 0 N–H and O–H groups in total. The molecule has 0 aromatic carbocycles. The van der Waals surface area contributed by atoms with Crippen LogP contribution in [0.15, 0.2) is 59.3 Å². The van der Waals surface area contributed by atoms with E-state index < -0.39 is 0 Å². The molecule has 0 radical (unpaired) electrons. The van der Waals surface area contributed by atoms with Gasteiger partial charge in [-0.1, -0.05) is 26.0 Å². The van der Waals surface area contributed by atoms with E-state index in [-0.39, 0.29) is 0 Å². The summed E-state index contributed by atoms with van der Waals surface area (Å²) in [6.45, 7) is 6.20. The maximum atomic E-state index is 9.80. The van der Waals surface area contributed by atoms with Gasteiger partial charge in [0.1, 0.15) is 12.1 Å². The van der Waals surface area contributed by atoms with E-state index in [0.29, 0.717) is 11.1 Å². The van der Waals surface area contributed by atoms with Gasteiger partial charge in [-0.25, -0.2) is 0 Å². The number of nitrogens with zero attached hydrogens (tertiary/aromatic N) is 4. The second kappa shape index (κ2) is 11.4. The minimum Gasteiger partial charge on any atom is -0.340 e. The average Bonchev–Trinajstić information content (AvgIpc) is 3.78. The lowest BCUT2D eigenvalue weighted by atomic mass is 10.2. The Morgan fingerprint density at radius 1 is 0.725 bits per heavy atom. The number of rotatable bonds is 9. The van der Waals surface area contributed by atoms with Crippen LogP contribution in [0.1, 0.15) is 47.8 Å². The summed E-state index contributed by atoms with van der Waals surface area (Å²) in [4.78, 5) is 4.53. The first-order valence-corrected chi connectivity index (χ1v) is 16.6. The molecule has 0 spiro atoms. The third-order valence-corrected chi connectivity index (χ3v) is 10.9. The Labute approximate surface area is 249 Å². The third kappa shape index (κ3) is 4.89. The summed E-state index contributed by atoms with van der Waals surface area (Å²) in [5, 5.41) is 23.6. The zero-order chi connectivity index (χ0) is 27.6. The van der Waals surface area contributed by atoms with Gasteiger partial charge in [0.05, 0.1) is 31.6 Å². The largest absolute Gasteiger partial charge is 0.340 e. The highest BCUT2D eigenvalue weighted by Crippen LogP contribution is 2.42. The van der Waals surface area contributed by atoms with Crippen molar-refractivity contribution in [3.8, 4) is 21.9 Å². The number of nitriles is 2. The van der Waals surface area contributed by atoms with Gasteiger partial charge in [-0.2, -0.15) is 10.5 Å². The van der Waals surface area contributed by atoms with E-state index in [1.54, 1.807) is 22.7 Å². The number of thiophene rings is 4. The fourth-order valence-electron chi connectivity index (χ4n) is 5.03. The lowest BCUT2D eigenvalue weighted by Crippen LogP contribution is -1.98. The van der Waals surface area contributed by atoms with E-state index in [1.165, 1.54) is 30.2 Å². The van der Waals surface area contributed by atoms with Crippen molar-refractivity contribution in [3.05, 3.63) is 80.4 Å². The number of aryl methyl sites for hydroxylation is 2. The number of hydrogen-bond donors (Lipinski definition) is 0. The van der Waals surface area contributed by atoms with Crippen LogP contribution >= 0.6 is 45.3 Å². The lowest BCUT2D eigenvalue weighted by Gasteiger charge is -2.07. The molecule has 6 heterocycles. The summed E-state index contributed by atoms with van der Waals surface area (Å²) < 4.78 is 7.18. The van der Waals surface area contributed by atoms with Crippen molar-refractivity contribution in [1.82, 2.24) is 9.13 Å². The fourth-order valence-corrected chi connectivity index (χ4v) is 8.70. The number of aromatic nitrogens is 2. The third-order valence-electron chi connectivity index (χ3n) is 6.78. The Morgan fingerprint density at radius 2 is 1.18 bits per heavy atom. The number of fused-ring (bicyclic) bond motifs is 2. The summed E-state index contributed by atoms with van der Waals surface area (Å²) in [7, 11) is 0. The van der Waals surface area contributed by atoms with Crippen molar-refractivity contribution >= 4 is 89.1 Å². The second-order valence-corrected chi connectivity index (χ2v) is 13.5. The molecule has 0 amide bonds. The van der Waals surface area contributed by atoms with Gasteiger partial charge in [0.15, 0.2) is 0 Å². The summed E-state index contributed by atoms with van der Waals surface area (Å²) in [6, 6.07) is 21.8. The van der Waals surface area contributed by atoms with Gasteiger partial charge >= 0.3 is 0 Å². The topological polar surface area (TPSA) is 57.4 Å². The molecule has 0 aliphatic rings. The molecular formula is C32H26N4S4. The summed E-state index contributed by atoms with van der Waals surface area (Å²) in [6.07, 6.45) is 6.10. The van der Waals surface area contributed by atoms with Crippen molar-refractivity contribution in [2.75, 3.05) is 0 Å². The maximum Gasteiger partial charge on any atom is 0.101 e. The molecule has 0 bridgehead atoms. The molecule has 0 aliphatic carbocycles. The number of allylic oxidation sites excluding steroid dienone is 2. The molecule has 6 aromatic heterocycles. The van der Waals surface area contributed by atoms with Crippen LogP contribution in [0.25, 0.3) is 53.5 Å². The highest BCUT2D eigenvalue weighted by Gasteiger charge is 2.17. The predicted molar refractivity (Wildman–Crippen MR) is 175 cm³/mol. The Morgan fingerprint density at radius 3 is 1.52 bits per heavy atom. The molecule has 0 unspecified atom stereocenters. The average molecular weight is 595 g/mol. The Kier molecular flexibility index (Phi) is 7.60. The minimum atomic E-state index is 0.707. The number of hydrogen-bond acceptors (Lipinski definition) is 6. The molecule has 0 fully saturated rings. The van der Waals surface area contributed by atoms with E-state index in [9.17, 15) is 10.5 Å². The second-order valence-electron chi connectivity index (χ2n) is 9.46. The molecule has 0 saturated heterocycles. The normalized spacial score (nSPS) is 12.4. The van der Waals surface area contributed by atoms with Crippen LogP contribution in [-0.4, -0.2) is 9.13 Å². The van der Waals surface area contributed by atoms with Crippen molar-refractivity contribution in [2.45, 2.75) is 39.8 Å². The zero-order valence-electron chi connectivity index (χ0n) is 22.2. The van der Waals surface area contributed by atoms with Crippen LogP contribution in [0.2, 0.25) is 0 Å². The Bertz CT molecular complexity index is 1790. The zero-order valence-corrected chi connectivity index (χ0v) is 25.4. The van der Waals surface area contributed by atoms with Gasteiger partial charge in [-0.3, -0.25) is 0 Å².